The van der Waals surface area contributed by atoms with Crippen molar-refractivity contribution in [3.05, 3.63) is 53.8 Å². The van der Waals surface area contributed by atoms with Crippen molar-refractivity contribution in [3.63, 3.8) is 0 Å². The second-order valence-electron chi connectivity index (χ2n) is 6.43. The third-order valence-electron chi connectivity index (χ3n) is 4.07. The van der Waals surface area contributed by atoms with Crippen LogP contribution >= 0.6 is 11.7 Å². The highest BCUT2D eigenvalue weighted by Crippen LogP contribution is 2.22. The van der Waals surface area contributed by atoms with Gasteiger partial charge in [0.05, 0.1) is 11.7 Å². The summed E-state index contributed by atoms with van der Waals surface area (Å²) in [5, 5.41) is 0. The van der Waals surface area contributed by atoms with Gasteiger partial charge in [0.1, 0.15) is 34.4 Å². The number of halogens is 1. The van der Waals surface area contributed by atoms with Gasteiger partial charge in [0.15, 0.2) is 0 Å². The predicted molar refractivity (Wildman–Crippen MR) is 103 cm³/mol. The number of fused-ring (bicyclic) bond motifs is 1. The molecule has 7 nitrogen and oxygen atoms in total. The quantitative estimate of drug-likeness (QED) is 0.587. The molecule has 1 N–H and O–H groups in total. The largest absolute Gasteiger partial charge is 0.460 e. The molecule has 148 valence electrons. The van der Waals surface area contributed by atoms with E-state index in [1.54, 1.807) is 32.0 Å². The van der Waals surface area contributed by atoms with Crippen molar-refractivity contribution in [3.8, 4) is 0 Å². The van der Waals surface area contributed by atoms with E-state index in [1.807, 2.05) is 0 Å². The molecule has 0 aliphatic heterocycles. The first kappa shape index (κ1) is 20.3. The highest BCUT2D eigenvalue weighted by Gasteiger charge is 2.31. The summed E-state index contributed by atoms with van der Waals surface area (Å²) in [5.41, 5.74) is 0.901. The Morgan fingerprint density at radius 1 is 1.18 bits per heavy atom. The van der Waals surface area contributed by atoms with Crippen LogP contribution in [0.15, 0.2) is 47.4 Å². The van der Waals surface area contributed by atoms with Crippen LogP contribution in [-0.4, -0.2) is 29.2 Å². The zero-order chi connectivity index (χ0) is 20.3. The Bertz CT molecular complexity index is 1100. The number of esters is 1. The third kappa shape index (κ3) is 4.34. The topological polar surface area (TPSA) is 98.3 Å². The van der Waals surface area contributed by atoms with Crippen LogP contribution in [0.1, 0.15) is 19.4 Å². The summed E-state index contributed by atoms with van der Waals surface area (Å²) in [6, 6.07) is 9.37. The summed E-state index contributed by atoms with van der Waals surface area (Å²) < 4.78 is 55.0. The molecule has 1 aromatic heterocycles. The molecule has 28 heavy (non-hydrogen) atoms. The third-order valence-corrected chi connectivity index (χ3v) is 6.08. The number of hydrogen-bond acceptors (Lipinski definition) is 7. The molecule has 10 heteroatoms. The van der Waals surface area contributed by atoms with E-state index in [1.165, 1.54) is 24.3 Å². The first-order valence-corrected chi connectivity index (χ1v) is 10.6. The van der Waals surface area contributed by atoms with Crippen LogP contribution in [0.2, 0.25) is 0 Å². The Morgan fingerprint density at radius 2 is 1.93 bits per heavy atom. The first-order valence-electron chi connectivity index (χ1n) is 8.43. The van der Waals surface area contributed by atoms with E-state index in [-0.39, 0.29) is 22.6 Å². The normalized spacial score (nSPS) is 13.0. The highest BCUT2D eigenvalue weighted by atomic mass is 32.2. The number of nitrogens with zero attached hydrogens (tertiary/aromatic N) is 2. The van der Waals surface area contributed by atoms with Gasteiger partial charge in [0.25, 0.3) is 0 Å². The van der Waals surface area contributed by atoms with E-state index in [0.29, 0.717) is 5.52 Å². The van der Waals surface area contributed by atoms with Gasteiger partial charge >= 0.3 is 5.97 Å². The summed E-state index contributed by atoms with van der Waals surface area (Å²) >= 11 is 0.902. The van der Waals surface area contributed by atoms with Gasteiger partial charge in [-0.2, -0.15) is 13.5 Å². The number of aromatic nitrogens is 2. The van der Waals surface area contributed by atoms with E-state index in [9.17, 15) is 17.6 Å². The molecular weight excluding hydrogens is 405 g/mol. The first-order chi connectivity index (χ1) is 13.3. The Morgan fingerprint density at radius 3 is 2.64 bits per heavy atom. The minimum absolute atomic E-state index is 0.0636. The lowest BCUT2D eigenvalue weighted by molar-refractivity contribution is -0.148. The Hall–Kier alpha value is -2.43. The van der Waals surface area contributed by atoms with Crippen molar-refractivity contribution in [1.82, 2.24) is 13.5 Å². The van der Waals surface area contributed by atoms with Gasteiger partial charge in [-0.15, -0.1) is 0 Å². The van der Waals surface area contributed by atoms with Crippen molar-refractivity contribution in [2.45, 2.75) is 31.4 Å². The Labute approximate surface area is 165 Å². The van der Waals surface area contributed by atoms with Crippen LogP contribution in [0.5, 0.6) is 0 Å². The molecule has 0 spiro atoms. The van der Waals surface area contributed by atoms with E-state index in [4.69, 9.17) is 4.74 Å². The van der Waals surface area contributed by atoms with Gasteiger partial charge in [-0.3, -0.25) is 4.79 Å². The molecule has 0 fully saturated rings. The highest BCUT2D eigenvalue weighted by molar-refractivity contribution is 7.89. The average molecular weight is 423 g/mol. The number of sulfonamides is 1. The summed E-state index contributed by atoms with van der Waals surface area (Å²) in [4.78, 5) is 12.4. The number of benzene rings is 2. The number of carbonyl (C=O) groups is 1. The van der Waals surface area contributed by atoms with Gasteiger partial charge in [-0.1, -0.05) is 38.1 Å². The van der Waals surface area contributed by atoms with E-state index in [0.717, 1.165) is 11.7 Å². The SMILES string of the molecule is CC(C)C(NS(=O)(=O)c1cccc2nsnc12)C(=O)OCc1ccccc1F. The second kappa shape index (κ2) is 8.29. The molecule has 3 rings (SSSR count). The summed E-state index contributed by atoms with van der Waals surface area (Å²) in [6.45, 7) is 3.08. The van der Waals surface area contributed by atoms with Crippen molar-refractivity contribution < 1.29 is 22.3 Å². The predicted octanol–water partition coefficient (Wildman–Crippen LogP) is 2.88. The Balaban J connectivity index is 1.79. The molecule has 0 aliphatic carbocycles. The summed E-state index contributed by atoms with van der Waals surface area (Å²) in [5.74, 6) is -1.68. The van der Waals surface area contributed by atoms with E-state index < -0.39 is 33.8 Å². The van der Waals surface area contributed by atoms with Crippen molar-refractivity contribution >= 4 is 38.8 Å². The molecular formula is C18H18FN3O4S2. The Kier molecular flexibility index (Phi) is 6.01. The molecule has 0 saturated carbocycles. The monoisotopic (exact) mass is 423 g/mol. The number of hydrogen-bond donors (Lipinski definition) is 1. The van der Waals surface area contributed by atoms with Crippen LogP contribution in [0.4, 0.5) is 4.39 Å². The average Bonchev–Trinajstić information content (AvgIpc) is 3.13. The van der Waals surface area contributed by atoms with Gasteiger partial charge in [0, 0.05) is 5.56 Å². The zero-order valence-electron chi connectivity index (χ0n) is 15.1. The number of rotatable bonds is 7. The number of nitrogens with one attached hydrogen (secondary N) is 1. The fourth-order valence-electron chi connectivity index (χ4n) is 2.54. The molecule has 0 radical (unpaired) electrons. The van der Waals surface area contributed by atoms with Gasteiger partial charge in [0.2, 0.25) is 10.0 Å². The number of carbonyl (C=O) groups excluding carboxylic acids is 1. The molecule has 0 amide bonds. The summed E-state index contributed by atoms with van der Waals surface area (Å²) in [6.07, 6.45) is 0. The molecule has 2 aromatic carbocycles. The maximum atomic E-state index is 13.7. The smallest absolute Gasteiger partial charge is 0.324 e. The second-order valence-corrected chi connectivity index (χ2v) is 8.64. The lowest BCUT2D eigenvalue weighted by atomic mass is 10.1. The van der Waals surface area contributed by atoms with Gasteiger partial charge in [-0.05, 0) is 24.1 Å². The fourth-order valence-corrected chi connectivity index (χ4v) is 4.64. The molecule has 1 atom stereocenters. The van der Waals surface area contributed by atoms with Crippen molar-refractivity contribution in [2.75, 3.05) is 0 Å². The van der Waals surface area contributed by atoms with E-state index >= 15 is 0 Å². The van der Waals surface area contributed by atoms with E-state index in [2.05, 4.69) is 13.5 Å². The molecule has 0 bridgehead atoms. The molecule has 3 aromatic rings. The fraction of sp³-hybridized carbons (Fsp3) is 0.278. The maximum absolute atomic E-state index is 13.7. The minimum Gasteiger partial charge on any atom is -0.460 e. The lowest BCUT2D eigenvalue weighted by Gasteiger charge is -2.21. The van der Waals surface area contributed by atoms with Gasteiger partial charge < -0.3 is 4.74 Å². The van der Waals surface area contributed by atoms with Crippen LogP contribution in [0.25, 0.3) is 11.0 Å². The number of ether oxygens (including phenoxy) is 1. The van der Waals surface area contributed by atoms with Gasteiger partial charge in [-0.25, -0.2) is 12.8 Å². The zero-order valence-corrected chi connectivity index (χ0v) is 16.8. The lowest BCUT2D eigenvalue weighted by Crippen LogP contribution is -2.45. The van der Waals surface area contributed by atoms with Crippen molar-refractivity contribution in [2.24, 2.45) is 5.92 Å². The van der Waals surface area contributed by atoms with Crippen molar-refractivity contribution in [1.29, 1.82) is 0 Å². The summed E-state index contributed by atoms with van der Waals surface area (Å²) in [7, 11) is -4.06. The molecule has 1 unspecified atom stereocenters. The van der Waals surface area contributed by atoms with Crippen LogP contribution < -0.4 is 4.72 Å². The molecule has 0 aliphatic rings. The van der Waals surface area contributed by atoms with Crippen LogP contribution in [0.3, 0.4) is 0 Å². The minimum atomic E-state index is -4.06. The van der Waals surface area contributed by atoms with Crippen LogP contribution in [-0.2, 0) is 26.2 Å². The standard InChI is InChI=1S/C18H18FN3O4S2/c1-11(2)16(18(23)26-10-12-6-3-4-7-13(12)19)22-28(24,25)15-9-5-8-14-17(15)21-27-20-14/h3-9,11,16,22H,10H2,1-2H3. The molecule has 0 saturated heterocycles. The maximum Gasteiger partial charge on any atom is 0.324 e. The molecule has 1 heterocycles. The van der Waals surface area contributed by atoms with Crippen LogP contribution in [0, 0.1) is 11.7 Å².